The minimum atomic E-state index is -0.587. The van der Waals surface area contributed by atoms with Crippen LogP contribution in [0.1, 0.15) is 42.2 Å². The molecule has 1 aliphatic rings. The Kier molecular flexibility index (Phi) is 5.51. The first-order valence-electron chi connectivity index (χ1n) is 11.2. The number of fused-ring (bicyclic) bond motifs is 1. The maximum atomic E-state index is 12.2. The minimum Gasteiger partial charge on any atom is -0.383 e. The summed E-state index contributed by atoms with van der Waals surface area (Å²) < 4.78 is 1.49. The molecule has 8 heteroatoms. The summed E-state index contributed by atoms with van der Waals surface area (Å²) in [5, 5.41) is 7.96. The van der Waals surface area contributed by atoms with Gasteiger partial charge in [0.05, 0.1) is 17.6 Å². The first-order chi connectivity index (χ1) is 16.0. The van der Waals surface area contributed by atoms with Gasteiger partial charge in [-0.3, -0.25) is 9.78 Å². The van der Waals surface area contributed by atoms with Crippen LogP contribution in [-0.2, 0) is 6.42 Å². The second-order valence-electron chi connectivity index (χ2n) is 8.66. The van der Waals surface area contributed by atoms with Crippen molar-refractivity contribution in [1.29, 1.82) is 0 Å². The Morgan fingerprint density at radius 1 is 1.12 bits per heavy atom. The highest BCUT2D eigenvalue weighted by Crippen LogP contribution is 2.29. The number of carbonyl (C=O) groups excluding carboxylic acids is 1. The smallest absolute Gasteiger partial charge is 0.254 e. The summed E-state index contributed by atoms with van der Waals surface area (Å²) in [6, 6.07) is 14.9. The van der Waals surface area contributed by atoms with Gasteiger partial charge in [0.2, 0.25) is 0 Å². The van der Waals surface area contributed by atoms with Crippen LogP contribution in [0.3, 0.4) is 0 Å². The summed E-state index contributed by atoms with van der Waals surface area (Å²) in [6.07, 6.45) is 7.25. The number of nitrogen functional groups attached to an aromatic ring is 1. The molecule has 1 saturated heterocycles. The predicted octanol–water partition coefficient (Wildman–Crippen LogP) is 3.21. The van der Waals surface area contributed by atoms with E-state index >= 15 is 0 Å². The summed E-state index contributed by atoms with van der Waals surface area (Å²) >= 11 is 0. The van der Waals surface area contributed by atoms with Gasteiger partial charge >= 0.3 is 0 Å². The van der Waals surface area contributed by atoms with Crippen molar-refractivity contribution in [1.82, 2.24) is 24.9 Å². The molecular weight excluding hydrogens is 414 g/mol. The molecule has 8 nitrogen and oxygen atoms in total. The Bertz CT molecular complexity index is 1300. The summed E-state index contributed by atoms with van der Waals surface area (Å²) in [5.41, 5.74) is 17.1. The third-order valence-corrected chi connectivity index (χ3v) is 6.35. The van der Waals surface area contributed by atoms with E-state index in [1.54, 1.807) is 6.20 Å². The van der Waals surface area contributed by atoms with Crippen molar-refractivity contribution in [3.05, 3.63) is 66.1 Å². The largest absolute Gasteiger partial charge is 0.383 e. The van der Waals surface area contributed by atoms with Crippen LogP contribution in [0.2, 0.25) is 0 Å². The first kappa shape index (κ1) is 21.1. The van der Waals surface area contributed by atoms with E-state index in [9.17, 15) is 4.79 Å². The van der Waals surface area contributed by atoms with E-state index in [1.165, 1.54) is 4.52 Å². The SMILES string of the molecule is CC1CCC(CCc2nc3c(-c4ccc(-c5ccccc5)nc4)cnn3c(N)c2C(N)=O)N1. The lowest BCUT2D eigenvalue weighted by atomic mass is 10.0. The molecule has 3 aromatic heterocycles. The molecule has 0 bridgehead atoms. The number of amides is 1. The van der Waals surface area contributed by atoms with Crippen LogP contribution in [0.15, 0.2) is 54.9 Å². The van der Waals surface area contributed by atoms with Crippen LogP contribution in [0.25, 0.3) is 28.0 Å². The second kappa shape index (κ2) is 8.63. The van der Waals surface area contributed by atoms with E-state index in [4.69, 9.17) is 16.5 Å². The molecule has 168 valence electrons. The molecule has 2 unspecified atom stereocenters. The topological polar surface area (TPSA) is 124 Å². The Balaban J connectivity index is 1.51. The van der Waals surface area contributed by atoms with Gasteiger partial charge in [-0.15, -0.1) is 0 Å². The number of aromatic nitrogens is 4. The molecular formula is C25H27N7O. The lowest BCUT2D eigenvalue weighted by molar-refractivity contribution is 0.0999. The lowest BCUT2D eigenvalue weighted by Crippen LogP contribution is -2.28. The maximum absolute atomic E-state index is 12.2. The fourth-order valence-electron chi connectivity index (χ4n) is 4.61. The van der Waals surface area contributed by atoms with Crippen molar-refractivity contribution in [2.75, 3.05) is 5.73 Å². The molecule has 1 aromatic carbocycles. The fourth-order valence-corrected chi connectivity index (χ4v) is 4.61. The van der Waals surface area contributed by atoms with Crippen LogP contribution in [-0.4, -0.2) is 37.6 Å². The zero-order valence-electron chi connectivity index (χ0n) is 18.5. The molecule has 0 radical (unpaired) electrons. The molecule has 5 N–H and O–H groups in total. The van der Waals surface area contributed by atoms with E-state index in [1.807, 2.05) is 48.7 Å². The number of hydrogen-bond acceptors (Lipinski definition) is 6. The highest BCUT2D eigenvalue weighted by Gasteiger charge is 2.24. The van der Waals surface area contributed by atoms with E-state index in [2.05, 4.69) is 22.3 Å². The number of nitrogens with zero attached hydrogens (tertiary/aromatic N) is 4. The molecule has 0 spiro atoms. The monoisotopic (exact) mass is 441 g/mol. The molecule has 4 aromatic rings. The molecule has 1 aliphatic heterocycles. The molecule has 4 heterocycles. The Labute approximate surface area is 192 Å². The summed E-state index contributed by atoms with van der Waals surface area (Å²) in [7, 11) is 0. The zero-order chi connectivity index (χ0) is 22.9. The van der Waals surface area contributed by atoms with Crippen molar-refractivity contribution in [2.24, 2.45) is 5.73 Å². The number of aryl methyl sites for hydroxylation is 1. The summed E-state index contributed by atoms with van der Waals surface area (Å²) in [6.45, 7) is 2.19. The quantitative estimate of drug-likeness (QED) is 0.422. The Hall–Kier alpha value is -3.78. The summed E-state index contributed by atoms with van der Waals surface area (Å²) in [4.78, 5) is 21.7. The summed E-state index contributed by atoms with van der Waals surface area (Å²) in [5.74, 6) is -0.369. The van der Waals surface area contributed by atoms with Crippen LogP contribution in [0.4, 0.5) is 5.82 Å². The predicted molar refractivity (Wildman–Crippen MR) is 129 cm³/mol. The van der Waals surface area contributed by atoms with Gasteiger partial charge in [0.15, 0.2) is 5.65 Å². The van der Waals surface area contributed by atoms with E-state index in [0.29, 0.717) is 29.8 Å². The highest BCUT2D eigenvalue weighted by atomic mass is 16.1. The van der Waals surface area contributed by atoms with Crippen molar-refractivity contribution in [3.8, 4) is 22.4 Å². The third kappa shape index (κ3) is 4.05. The van der Waals surface area contributed by atoms with Gasteiger partial charge in [0.25, 0.3) is 5.91 Å². The van der Waals surface area contributed by atoms with Gasteiger partial charge in [-0.1, -0.05) is 36.4 Å². The fraction of sp³-hybridized carbons (Fsp3) is 0.280. The van der Waals surface area contributed by atoms with Gasteiger partial charge < -0.3 is 16.8 Å². The average molecular weight is 442 g/mol. The average Bonchev–Trinajstić information content (AvgIpc) is 3.44. The maximum Gasteiger partial charge on any atom is 0.254 e. The number of benzene rings is 1. The molecule has 2 atom stereocenters. The van der Waals surface area contributed by atoms with Crippen molar-refractivity contribution in [3.63, 3.8) is 0 Å². The zero-order valence-corrected chi connectivity index (χ0v) is 18.5. The van der Waals surface area contributed by atoms with Gasteiger partial charge in [0, 0.05) is 35.0 Å². The van der Waals surface area contributed by atoms with Gasteiger partial charge in [0.1, 0.15) is 11.4 Å². The normalized spacial score (nSPS) is 18.1. The molecule has 0 saturated carbocycles. The molecule has 5 rings (SSSR count). The van der Waals surface area contributed by atoms with Crippen molar-refractivity contribution < 1.29 is 4.79 Å². The highest BCUT2D eigenvalue weighted by molar-refractivity contribution is 5.99. The number of primary amides is 1. The standard InChI is InChI=1S/C25H27N7O/c1-15-7-9-18(30-15)10-12-21-22(24(27)33)23(26)32-25(31-21)19(14-29-32)17-8-11-20(28-13-17)16-5-3-2-4-6-16/h2-6,8,11,13-15,18,30H,7,9-10,12,26H2,1H3,(H2,27,33). The van der Waals surface area contributed by atoms with Gasteiger partial charge in [-0.2, -0.15) is 9.61 Å². The minimum absolute atomic E-state index is 0.218. The molecule has 1 fully saturated rings. The molecule has 33 heavy (non-hydrogen) atoms. The van der Waals surface area contributed by atoms with E-state index in [-0.39, 0.29) is 11.4 Å². The Morgan fingerprint density at radius 3 is 2.61 bits per heavy atom. The Morgan fingerprint density at radius 2 is 1.94 bits per heavy atom. The van der Waals surface area contributed by atoms with Crippen molar-refractivity contribution >= 4 is 17.4 Å². The van der Waals surface area contributed by atoms with Crippen molar-refractivity contribution in [2.45, 2.75) is 44.7 Å². The van der Waals surface area contributed by atoms with Crippen LogP contribution < -0.4 is 16.8 Å². The first-order valence-corrected chi connectivity index (χ1v) is 11.2. The number of nitrogens with two attached hydrogens (primary N) is 2. The molecule has 1 amide bonds. The number of carbonyl (C=O) groups is 1. The second-order valence-corrected chi connectivity index (χ2v) is 8.66. The van der Waals surface area contributed by atoms with Crippen LogP contribution in [0.5, 0.6) is 0 Å². The molecule has 0 aliphatic carbocycles. The van der Waals surface area contributed by atoms with Crippen LogP contribution in [0, 0.1) is 0 Å². The van der Waals surface area contributed by atoms with Crippen LogP contribution >= 0.6 is 0 Å². The van der Waals surface area contributed by atoms with Gasteiger partial charge in [-0.25, -0.2) is 4.98 Å². The van der Waals surface area contributed by atoms with Gasteiger partial charge in [-0.05, 0) is 38.7 Å². The number of rotatable bonds is 6. The third-order valence-electron chi connectivity index (χ3n) is 6.35. The van der Waals surface area contributed by atoms with E-state index in [0.717, 1.165) is 41.6 Å². The van der Waals surface area contributed by atoms with E-state index < -0.39 is 5.91 Å². The lowest BCUT2D eigenvalue weighted by Gasteiger charge is -2.14. The number of pyridine rings is 1. The number of hydrogen-bond donors (Lipinski definition) is 3. The number of nitrogens with one attached hydrogen (secondary N) is 1. The number of anilines is 1.